The Morgan fingerprint density at radius 2 is 1.69 bits per heavy atom. The molecule has 1 aliphatic heterocycles. The molecule has 4 rings (SSSR count). The van der Waals surface area contributed by atoms with Crippen LogP contribution in [0, 0.1) is 0 Å². The summed E-state index contributed by atoms with van der Waals surface area (Å²) in [4.78, 5) is 9.42. The summed E-state index contributed by atoms with van der Waals surface area (Å²) in [5.41, 5.74) is 7.83. The molecule has 11 heteroatoms. The molecular formula is C24H24BrNO7S2. The van der Waals surface area contributed by atoms with Gasteiger partial charge in [0.2, 0.25) is 20.5 Å². The first-order valence-electron chi connectivity index (χ1n) is 10.7. The van der Waals surface area contributed by atoms with Crippen LogP contribution >= 0.6 is 27.3 Å². The van der Waals surface area contributed by atoms with Crippen molar-refractivity contribution in [2.45, 2.75) is 28.4 Å². The molecular weight excluding hydrogens is 558 g/mol. The molecule has 0 bridgehead atoms. The van der Waals surface area contributed by atoms with Crippen molar-refractivity contribution < 1.29 is 32.5 Å². The molecule has 1 fully saturated rings. The van der Waals surface area contributed by atoms with Crippen LogP contribution in [-0.2, 0) is 24.1 Å². The Kier molecular flexibility index (Phi) is 7.65. The summed E-state index contributed by atoms with van der Waals surface area (Å²) in [6, 6.07) is 17.0. The lowest BCUT2D eigenvalue weighted by Crippen LogP contribution is -2.62. The minimum absolute atomic E-state index is 0.211. The van der Waals surface area contributed by atoms with Crippen molar-refractivity contribution in [1.82, 2.24) is 0 Å². The lowest BCUT2D eigenvalue weighted by atomic mass is 10.1. The zero-order valence-electron chi connectivity index (χ0n) is 18.6. The molecule has 35 heavy (non-hydrogen) atoms. The number of benzene rings is 2. The SMILES string of the molecule is NC(CC1(COc2cccs2)OCCCO1)(C(=O)O)S(=O)(=O)c1ccc(-c2ccc(Br)cc2)cc1. The summed E-state index contributed by atoms with van der Waals surface area (Å²) in [7, 11) is -4.56. The summed E-state index contributed by atoms with van der Waals surface area (Å²) in [5, 5.41) is 12.4. The second-order valence-corrected chi connectivity index (χ2v) is 12.1. The molecule has 0 radical (unpaired) electrons. The van der Waals surface area contributed by atoms with Gasteiger partial charge < -0.3 is 25.1 Å². The Morgan fingerprint density at radius 3 is 2.23 bits per heavy atom. The summed E-state index contributed by atoms with van der Waals surface area (Å²) in [6.07, 6.45) is -0.0762. The number of carbonyl (C=O) groups is 1. The molecule has 0 saturated carbocycles. The highest BCUT2D eigenvalue weighted by molar-refractivity contribution is 9.10. The van der Waals surface area contributed by atoms with E-state index < -0.39 is 32.9 Å². The smallest absolute Gasteiger partial charge is 0.340 e. The minimum atomic E-state index is -4.56. The largest absolute Gasteiger partial charge is 0.479 e. The molecule has 1 unspecified atom stereocenters. The average Bonchev–Trinajstić information content (AvgIpc) is 3.38. The standard InChI is InChI=1S/C24H24BrNO7S2/c25-19-8-4-17(5-9-19)18-6-10-20(11-7-18)35(29,30)24(26,22(27)28)15-23(32-12-2-13-33-23)16-31-21-3-1-14-34-21/h1,3-11,14H,2,12-13,15-16,26H2,(H,27,28). The zero-order chi connectivity index (χ0) is 25.1. The van der Waals surface area contributed by atoms with E-state index in [0.29, 0.717) is 11.5 Å². The van der Waals surface area contributed by atoms with Crippen molar-refractivity contribution in [3.05, 3.63) is 70.5 Å². The average molecular weight is 582 g/mol. The van der Waals surface area contributed by atoms with Gasteiger partial charge in [-0.3, -0.25) is 0 Å². The molecule has 2 heterocycles. The number of thiophene rings is 1. The molecule has 8 nitrogen and oxygen atoms in total. The van der Waals surface area contributed by atoms with E-state index in [1.807, 2.05) is 29.6 Å². The van der Waals surface area contributed by atoms with Crippen LogP contribution in [0.25, 0.3) is 11.1 Å². The highest BCUT2D eigenvalue weighted by atomic mass is 79.9. The van der Waals surface area contributed by atoms with E-state index in [-0.39, 0.29) is 24.7 Å². The summed E-state index contributed by atoms with van der Waals surface area (Å²) in [5.74, 6) is -3.34. The lowest BCUT2D eigenvalue weighted by Gasteiger charge is -2.40. The van der Waals surface area contributed by atoms with Crippen molar-refractivity contribution in [3.63, 3.8) is 0 Å². The first-order chi connectivity index (χ1) is 16.7. The van der Waals surface area contributed by atoms with E-state index in [2.05, 4.69) is 15.9 Å². The van der Waals surface area contributed by atoms with E-state index in [9.17, 15) is 18.3 Å². The second kappa shape index (κ2) is 10.4. The van der Waals surface area contributed by atoms with Crippen molar-refractivity contribution in [1.29, 1.82) is 0 Å². The van der Waals surface area contributed by atoms with Gasteiger partial charge in [0.05, 0.1) is 18.1 Å². The molecule has 1 saturated heterocycles. The zero-order valence-corrected chi connectivity index (χ0v) is 21.8. The van der Waals surface area contributed by atoms with Crippen LogP contribution in [0.1, 0.15) is 12.8 Å². The number of aliphatic carboxylic acids is 1. The molecule has 1 atom stereocenters. The predicted molar refractivity (Wildman–Crippen MR) is 135 cm³/mol. The number of halogens is 1. The highest BCUT2D eigenvalue weighted by Crippen LogP contribution is 2.36. The number of ether oxygens (including phenoxy) is 3. The Bertz CT molecular complexity index is 1260. The number of carboxylic acids is 1. The van der Waals surface area contributed by atoms with Gasteiger partial charge in [-0.2, -0.15) is 0 Å². The maximum Gasteiger partial charge on any atom is 0.340 e. The monoisotopic (exact) mass is 581 g/mol. The summed E-state index contributed by atoms with van der Waals surface area (Å²) >= 11 is 4.72. The van der Waals surface area contributed by atoms with Gasteiger partial charge in [0.15, 0.2) is 5.06 Å². The Balaban J connectivity index is 1.63. The van der Waals surface area contributed by atoms with Crippen LogP contribution in [0.4, 0.5) is 0 Å². The fourth-order valence-corrected chi connectivity index (χ4v) is 6.14. The van der Waals surface area contributed by atoms with Gasteiger partial charge in [0.1, 0.15) is 6.61 Å². The number of nitrogens with two attached hydrogens (primary N) is 1. The van der Waals surface area contributed by atoms with Gasteiger partial charge >= 0.3 is 5.97 Å². The van der Waals surface area contributed by atoms with Crippen LogP contribution in [0.5, 0.6) is 5.06 Å². The number of hydrogen-bond donors (Lipinski definition) is 2. The first-order valence-corrected chi connectivity index (χ1v) is 13.9. The second-order valence-electron chi connectivity index (χ2n) is 8.09. The number of carboxylic acid groups (broad SMARTS) is 1. The van der Waals surface area contributed by atoms with Gasteiger partial charge in [-0.25, -0.2) is 13.2 Å². The topological polar surface area (TPSA) is 125 Å². The summed E-state index contributed by atoms with van der Waals surface area (Å²) < 4.78 is 45.3. The molecule has 0 spiro atoms. The molecule has 1 aliphatic rings. The highest BCUT2D eigenvalue weighted by Gasteiger charge is 2.56. The summed E-state index contributed by atoms with van der Waals surface area (Å²) in [6.45, 7) is 0.300. The van der Waals surface area contributed by atoms with Crippen LogP contribution in [0.15, 0.2) is 75.4 Å². The van der Waals surface area contributed by atoms with Crippen molar-refractivity contribution in [2.75, 3.05) is 19.8 Å². The normalized spacial score (nSPS) is 17.4. The van der Waals surface area contributed by atoms with Crippen LogP contribution < -0.4 is 10.5 Å². The number of hydrogen-bond acceptors (Lipinski definition) is 8. The quantitative estimate of drug-likeness (QED) is 0.383. The maximum absolute atomic E-state index is 13.6. The van der Waals surface area contributed by atoms with E-state index in [4.69, 9.17) is 19.9 Å². The first kappa shape index (κ1) is 25.8. The third kappa shape index (κ3) is 5.45. The molecule has 2 aromatic carbocycles. The molecule has 3 aromatic rings. The van der Waals surface area contributed by atoms with Crippen LogP contribution in [0.3, 0.4) is 0 Å². The fourth-order valence-electron chi connectivity index (χ4n) is 3.74. The van der Waals surface area contributed by atoms with Crippen LogP contribution in [-0.4, -0.2) is 50.0 Å². The molecule has 1 aromatic heterocycles. The minimum Gasteiger partial charge on any atom is -0.479 e. The lowest BCUT2D eigenvalue weighted by molar-refractivity contribution is -0.284. The van der Waals surface area contributed by atoms with Crippen molar-refractivity contribution in [2.24, 2.45) is 5.73 Å². The van der Waals surface area contributed by atoms with E-state index >= 15 is 0 Å². The van der Waals surface area contributed by atoms with Crippen LogP contribution in [0.2, 0.25) is 0 Å². The number of sulfone groups is 1. The van der Waals surface area contributed by atoms with E-state index in [0.717, 1.165) is 15.6 Å². The van der Waals surface area contributed by atoms with Crippen molar-refractivity contribution in [3.8, 4) is 16.2 Å². The van der Waals surface area contributed by atoms with Gasteiger partial charge in [-0.15, -0.1) is 11.3 Å². The molecule has 0 amide bonds. The fraction of sp³-hybridized carbons (Fsp3) is 0.292. The molecule has 0 aliphatic carbocycles. The molecule has 3 N–H and O–H groups in total. The Hall–Kier alpha value is -2.28. The van der Waals surface area contributed by atoms with Gasteiger partial charge in [0.25, 0.3) is 0 Å². The molecule has 186 valence electrons. The van der Waals surface area contributed by atoms with Gasteiger partial charge in [-0.05, 0) is 59.3 Å². The predicted octanol–water partition coefficient (Wildman–Crippen LogP) is 4.29. The van der Waals surface area contributed by atoms with Crippen molar-refractivity contribution >= 4 is 43.1 Å². The maximum atomic E-state index is 13.6. The third-order valence-electron chi connectivity index (χ3n) is 5.66. The third-order valence-corrected chi connectivity index (χ3v) is 9.14. The van der Waals surface area contributed by atoms with Gasteiger partial charge in [0, 0.05) is 10.9 Å². The van der Waals surface area contributed by atoms with E-state index in [1.54, 1.807) is 24.3 Å². The van der Waals surface area contributed by atoms with E-state index in [1.165, 1.54) is 23.5 Å². The Morgan fingerprint density at radius 1 is 1.09 bits per heavy atom. The van der Waals surface area contributed by atoms with Gasteiger partial charge in [-0.1, -0.05) is 40.2 Å². The number of rotatable bonds is 9. The Labute approximate surface area is 215 Å².